The number of benzene rings is 5. The third-order valence-corrected chi connectivity index (χ3v) is 19.9. The fourth-order valence-corrected chi connectivity index (χ4v) is 14.0. The van der Waals surface area contributed by atoms with Crippen LogP contribution in [-0.4, -0.2) is 205 Å². The summed E-state index contributed by atoms with van der Waals surface area (Å²) in [6.07, 6.45) is 2.17. The highest BCUT2D eigenvalue weighted by Crippen LogP contribution is 2.34. The van der Waals surface area contributed by atoms with Gasteiger partial charge in [0.2, 0.25) is 29.6 Å². The van der Waals surface area contributed by atoms with Crippen molar-refractivity contribution in [2.24, 2.45) is 16.0 Å². The van der Waals surface area contributed by atoms with Gasteiger partial charge in [-0.15, -0.1) is 0 Å². The van der Waals surface area contributed by atoms with Gasteiger partial charge >= 0.3 is 24.1 Å². The molecule has 32 nitrogen and oxygen atoms in total. The number of nitrogens with one attached hydrogen (secondary N) is 9. The minimum Gasteiger partial charge on any atom is -0.493 e. The average Bonchev–Trinajstić information content (AvgIpc) is 1.81. The molecule has 12 N–H and O–H groups in total. The minimum absolute atomic E-state index is 0.0437. The molecule has 3 heterocycles. The highest BCUT2D eigenvalue weighted by Gasteiger charge is 2.40. The lowest BCUT2D eigenvalue weighted by Gasteiger charge is -2.30. The Bertz CT molecular complexity index is 4530. The van der Waals surface area contributed by atoms with Crippen molar-refractivity contribution in [2.45, 2.75) is 107 Å². The van der Waals surface area contributed by atoms with Crippen molar-refractivity contribution in [2.75, 3.05) is 106 Å². The molecular formula is C72H91F2N17O15S2. The van der Waals surface area contributed by atoms with Gasteiger partial charge in [-0.3, -0.25) is 38.4 Å². The molecule has 4 bridgehead atoms. The lowest BCUT2D eigenvalue weighted by Crippen LogP contribution is -2.57. The average molecular weight is 1540 g/mol. The zero-order chi connectivity index (χ0) is 78.6. The molecule has 36 heteroatoms. The van der Waals surface area contributed by atoms with E-state index in [1.54, 1.807) is 70.1 Å². The smallest absolute Gasteiger partial charge is 0.321 e. The summed E-state index contributed by atoms with van der Waals surface area (Å²) < 4.78 is 89.4. The van der Waals surface area contributed by atoms with Crippen molar-refractivity contribution in [1.82, 2.24) is 50.8 Å². The number of hydrogen-bond donors (Lipinski definition) is 11. The number of urea groups is 3. The summed E-state index contributed by atoms with van der Waals surface area (Å²) in [5.74, 6) is -7.01. The molecule has 2 aliphatic heterocycles. The highest BCUT2D eigenvalue weighted by molar-refractivity contribution is 7.93. The number of carbonyl (C=O) groups is 9. The first-order valence-corrected chi connectivity index (χ1v) is 38.3. The number of halogens is 2. The summed E-state index contributed by atoms with van der Waals surface area (Å²) in [6, 6.07) is 19.4. The standard InChI is InChI=1S/C72H91F2N17O15S2/c1-9-25-76-70(99)80-50-14-11-16-54(37-50)108(103,104)86-51-15-10-13-46(34-51)57(39-63(94)95)83-71(100)79-48-19-21-49(22-20-48)81-72(101)90(7)30-29-88(5)27-28-89(6)41-62(93)82-58(38-61(75)92)68(98)91-26-12-17-59(91)66(96)84-64(43(2)3)67(97)87-107(8,102)42-45-32-52-36-53(33-45)106-44(4)24-31-105-60-35-47(73)18-23-55(60)65-56(74)40-77-69(78-52)85-65/h10-11,13-16,18-23,32-37,40,43-44,57-59,64,86H,9,12,17,24-31,38-39,41-42H2,1-8H3,(H2,75,92)(H,81,101)(H,82,93)(H,84,96)(H,94,95)(H2,76,80,99)(H,77,78,85)(H2,79,83,100)/t44?,57-,58-,59-,64-,107?/m0/s1. The van der Waals surface area contributed by atoms with Crippen LogP contribution in [0.2, 0.25) is 0 Å². The largest absolute Gasteiger partial charge is 0.493 e. The van der Waals surface area contributed by atoms with Crippen molar-refractivity contribution in [3.05, 3.63) is 138 Å². The molecule has 1 aromatic heterocycles. The van der Waals surface area contributed by atoms with E-state index in [1.807, 2.05) is 18.9 Å². The molecule has 2 unspecified atom stereocenters. The maximum Gasteiger partial charge on any atom is 0.321 e. The number of anilines is 6. The Morgan fingerprint density at radius 1 is 0.787 bits per heavy atom. The quantitative estimate of drug-likeness (QED) is 0.0215. The van der Waals surface area contributed by atoms with Crippen molar-refractivity contribution in [3.63, 3.8) is 0 Å². The number of nitrogens with zero attached hydrogens (tertiary/aromatic N) is 7. The van der Waals surface area contributed by atoms with Gasteiger partial charge in [-0.25, -0.2) is 45.8 Å². The lowest BCUT2D eigenvalue weighted by atomic mass is 10.0. The maximum absolute atomic E-state index is 15.3. The number of likely N-dealkylation sites (tertiary alicyclic amines) is 1. The Labute approximate surface area is 624 Å². The number of primary amides is 1. The molecule has 0 aliphatic carbocycles. The zero-order valence-corrected chi connectivity index (χ0v) is 62.6. The number of hydrogen-bond acceptors (Lipinski definition) is 19. The normalized spacial score (nSPS) is 15.5. The SMILES string of the molecule is CCCNC(=O)Nc1cccc(S(=O)(=O)Nc2cccc([C@H](CC(=O)O)NC(=O)Nc3ccc(NC(=O)N(C)CCN(C)CCN(C)CC(=O)N[C@@H](CC(N)=O)C(=O)N4CCC[C@H]4C(=O)N[C@H](C(=O)N=S(C)(=O)Cc4cc5cc(c4)OC(C)CCOc4cc(F)ccc4-c4nc(ncc4F)N5)C(C)C)cc3)c2)c1. The zero-order valence-electron chi connectivity index (χ0n) is 61.0. The molecule has 11 amide bonds. The van der Waals surface area contributed by atoms with Crippen LogP contribution < -0.4 is 62.5 Å². The first kappa shape index (κ1) is 82.5. The Kier molecular flexibility index (Phi) is 29.0. The van der Waals surface area contributed by atoms with E-state index in [2.05, 4.69) is 61.6 Å². The second kappa shape index (κ2) is 37.9. The van der Waals surface area contributed by atoms with Gasteiger partial charge in [-0.1, -0.05) is 39.0 Å². The van der Waals surface area contributed by atoms with Crippen molar-refractivity contribution in [1.29, 1.82) is 0 Å². The van der Waals surface area contributed by atoms with Gasteiger partial charge < -0.3 is 77.5 Å². The highest BCUT2D eigenvalue weighted by atomic mass is 32.2. The van der Waals surface area contributed by atoms with Crippen LogP contribution in [0.5, 0.6) is 11.5 Å². The minimum atomic E-state index is -4.20. The van der Waals surface area contributed by atoms with E-state index in [4.69, 9.17) is 15.2 Å². The van der Waals surface area contributed by atoms with Gasteiger partial charge in [0.25, 0.3) is 15.9 Å². The fourth-order valence-electron chi connectivity index (χ4n) is 11.6. The second-order valence-corrected chi connectivity index (χ2v) is 30.8. The van der Waals surface area contributed by atoms with Crippen molar-refractivity contribution < 1.29 is 79.1 Å². The topological polar surface area (TPSA) is 429 Å². The number of likely N-dealkylation sites (N-methyl/N-ethyl adjacent to an activating group) is 3. The van der Waals surface area contributed by atoms with Crippen LogP contribution in [0.25, 0.3) is 11.3 Å². The summed E-state index contributed by atoms with van der Waals surface area (Å²) in [5.41, 5.74) is 7.65. The second-order valence-electron chi connectivity index (χ2n) is 26.7. The Morgan fingerprint density at radius 2 is 1.48 bits per heavy atom. The summed E-state index contributed by atoms with van der Waals surface area (Å²) in [5, 5.41) is 31.4. The number of ether oxygens (including phenoxy) is 2. The van der Waals surface area contributed by atoms with Crippen LogP contribution in [0.15, 0.2) is 125 Å². The van der Waals surface area contributed by atoms with Gasteiger partial charge in [-0.05, 0) is 136 Å². The molecule has 2 aliphatic rings. The van der Waals surface area contributed by atoms with E-state index in [0.29, 0.717) is 73.8 Å². The molecule has 0 radical (unpaired) electrons. The van der Waals surface area contributed by atoms with E-state index in [9.17, 15) is 65.3 Å². The van der Waals surface area contributed by atoms with Crippen molar-refractivity contribution >= 4 is 108 Å². The van der Waals surface area contributed by atoms with E-state index in [-0.39, 0.29) is 83.2 Å². The molecule has 8 rings (SSSR count). The summed E-state index contributed by atoms with van der Waals surface area (Å²) in [4.78, 5) is 134. The predicted octanol–water partition coefficient (Wildman–Crippen LogP) is 7.03. The predicted molar refractivity (Wildman–Crippen MR) is 401 cm³/mol. The van der Waals surface area contributed by atoms with Gasteiger partial charge in [0, 0.05) is 105 Å². The van der Waals surface area contributed by atoms with Gasteiger partial charge in [-0.2, -0.15) is 4.36 Å². The Hall–Kier alpha value is -11.1. The Morgan fingerprint density at radius 3 is 2.19 bits per heavy atom. The van der Waals surface area contributed by atoms with Crippen molar-refractivity contribution in [3.8, 4) is 22.8 Å². The molecule has 6 atom stereocenters. The number of sulfonamides is 1. The number of nitrogens with two attached hydrogens (primary N) is 1. The first-order valence-electron chi connectivity index (χ1n) is 34.7. The monoisotopic (exact) mass is 1540 g/mol. The molecule has 0 spiro atoms. The van der Waals surface area contributed by atoms with E-state index in [1.165, 1.54) is 82.8 Å². The van der Waals surface area contributed by atoms with Crippen LogP contribution in [0.1, 0.15) is 83.4 Å². The first-order chi connectivity index (χ1) is 51.2. The van der Waals surface area contributed by atoms with Crippen LogP contribution >= 0.6 is 0 Å². The van der Waals surface area contributed by atoms with Gasteiger partial charge in [0.1, 0.15) is 41.1 Å². The molecule has 0 saturated carbocycles. The lowest BCUT2D eigenvalue weighted by molar-refractivity contribution is -0.143. The van der Waals surface area contributed by atoms with Crippen LogP contribution in [-0.2, 0) is 54.3 Å². The van der Waals surface area contributed by atoms with Crippen LogP contribution in [0, 0.1) is 17.6 Å². The van der Waals surface area contributed by atoms with E-state index in [0.717, 1.165) is 18.3 Å². The number of aromatic nitrogens is 2. The van der Waals surface area contributed by atoms with E-state index >= 15 is 4.39 Å². The summed E-state index contributed by atoms with van der Waals surface area (Å²) >= 11 is 0. The summed E-state index contributed by atoms with van der Waals surface area (Å²) in [7, 11) is -2.53. The number of fused-ring (bicyclic) bond motifs is 6. The number of carboxylic acid groups (broad SMARTS) is 1. The number of aliphatic carboxylic acids is 1. The Balaban J connectivity index is 0.782. The van der Waals surface area contributed by atoms with E-state index < -0.39 is 134 Å². The third-order valence-electron chi connectivity index (χ3n) is 17.1. The maximum atomic E-state index is 15.3. The molecule has 1 saturated heterocycles. The van der Waals surface area contributed by atoms with Crippen LogP contribution in [0.4, 0.5) is 57.5 Å². The van der Waals surface area contributed by atoms with Gasteiger partial charge in [0.05, 0.1) is 64.7 Å². The van der Waals surface area contributed by atoms with Crippen LogP contribution in [0.3, 0.4) is 0 Å². The molecular weight excluding hydrogens is 1450 g/mol. The number of amides is 11. The molecule has 1 fully saturated rings. The third kappa shape index (κ3) is 24.7. The summed E-state index contributed by atoms with van der Waals surface area (Å²) in [6.45, 7) is 8.78. The molecule has 108 heavy (non-hydrogen) atoms. The number of carbonyl (C=O) groups excluding carboxylic acids is 8. The number of rotatable bonds is 30. The molecule has 6 aromatic rings. The fraction of sp³-hybridized carbons (Fsp3) is 0.403. The van der Waals surface area contributed by atoms with Gasteiger partial charge in [0.15, 0.2) is 5.82 Å². The number of carboxylic acids is 1. The molecule has 580 valence electrons. The molecule has 5 aromatic carbocycles.